The summed E-state index contributed by atoms with van der Waals surface area (Å²) in [5.74, 6) is -0.741. The molecule has 0 saturated carbocycles. The van der Waals surface area contributed by atoms with E-state index in [0.717, 1.165) is 25.7 Å². The first kappa shape index (κ1) is 15.4. The lowest BCUT2D eigenvalue weighted by atomic mass is 10.0. The Hall–Kier alpha value is -1.00. The first-order valence-corrected chi connectivity index (χ1v) is 8.07. The fraction of sp³-hybridized carbons (Fsp3) is 0.562. The van der Waals surface area contributed by atoms with Gasteiger partial charge in [-0.05, 0) is 38.7 Å². The number of carboxylic acid groups (broad SMARTS) is 1. The largest absolute Gasteiger partial charge is 0.480 e. The number of aryl methyl sites for hydroxylation is 1. The van der Waals surface area contributed by atoms with Crippen LogP contribution in [0, 0.1) is 0 Å². The summed E-state index contributed by atoms with van der Waals surface area (Å²) < 4.78 is -0.226. The van der Waals surface area contributed by atoms with E-state index in [2.05, 4.69) is 29.6 Å². The Bertz CT molecular complexity index is 447. The van der Waals surface area contributed by atoms with Gasteiger partial charge in [-0.25, -0.2) is 0 Å². The molecule has 3 nitrogen and oxygen atoms in total. The predicted octanol–water partition coefficient (Wildman–Crippen LogP) is 3.29. The Morgan fingerprint density at radius 3 is 2.60 bits per heavy atom. The number of carbonyl (C=O) groups is 1. The normalized spacial score (nSPS) is 24.7. The minimum absolute atomic E-state index is 0.226. The zero-order valence-electron chi connectivity index (χ0n) is 12.1. The lowest BCUT2D eigenvalue weighted by Gasteiger charge is -2.20. The van der Waals surface area contributed by atoms with Crippen molar-refractivity contribution in [2.45, 2.75) is 55.7 Å². The van der Waals surface area contributed by atoms with E-state index in [-0.39, 0.29) is 10.1 Å². The molecule has 1 aliphatic heterocycles. The fourth-order valence-electron chi connectivity index (χ4n) is 2.67. The first-order chi connectivity index (χ1) is 9.49. The highest BCUT2D eigenvalue weighted by Gasteiger charge is 2.44. The molecular formula is C16H23NO2S. The van der Waals surface area contributed by atoms with Gasteiger partial charge in [0.2, 0.25) is 0 Å². The Labute approximate surface area is 125 Å². The Kier molecular flexibility index (Phi) is 5.11. The van der Waals surface area contributed by atoms with E-state index >= 15 is 0 Å². The highest BCUT2D eigenvalue weighted by Crippen LogP contribution is 2.39. The van der Waals surface area contributed by atoms with Gasteiger partial charge in [-0.3, -0.25) is 10.1 Å². The minimum atomic E-state index is -0.741. The Morgan fingerprint density at radius 2 is 2.00 bits per heavy atom. The molecule has 0 radical (unpaired) electrons. The van der Waals surface area contributed by atoms with Gasteiger partial charge in [0.05, 0.1) is 5.37 Å². The molecule has 1 aliphatic rings. The van der Waals surface area contributed by atoms with Crippen molar-refractivity contribution in [2.24, 2.45) is 0 Å². The van der Waals surface area contributed by atoms with Crippen molar-refractivity contribution < 1.29 is 9.90 Å². The van der Waals surface area contributed by atoms with Crippen molar-refractivity contribution in [1.82, 2.24) is 5.32 Å². The fourth-order valence-corrected chi connectivity index (χ4v) is 4.20. The topological polar surface area (TPSA) is 49.3 Å². The monoisotopic (exact) mass is 293 g/mol. The summed E-state index contributed by atoms with van der Waals surface area (Å²) in [5, 5.41) is 12.7. The molecular weight excluding hydrogens is 270 g/mol. The average Bonchev–Trinajstić information content (AvgIpc) is 2.71. The summed E-state index contributed by atoms with van der Waals surface area (Å²) in [7, 11) is 0. The van der Waals surface area contributed by atoms with Crippen LogP contribution in [0.4, 0.5) is 0 Å². The number of thioether (sulfide) groups is 1. The standard InChI is InChI=1S/C16H23NO2S/c1-16(2)14(15(18)19)17-13(20-16)11-7-6-10-12-8-4-3-5-9-12/h3-5,8-9,13-14,17H,6-7,10-11H2,1-2H3,(H,18,19). The van der Waals surface area contributed by atoms with Crippen LogP contribution in [0.25, 0.3) is 0 Å². The van der Waals surface area contributed by atoms with E-state index in [0.29, 0.717) is 0 Å². The molecule has 0 bridgehead atoms. The van der Waals surface area contributed by atoms with E-state index in [1.807, 2.05) is 19.9 Å². The number of nitrogens with one attached hydrogen (secondary N) is 1. The van der Waals surface area contributed by atoms with E-state index < -0.39 is 12.0 Å². The van der Waals surface area contributed by atoms with Crippen molar-refractivity contribution in [3.05, 3.63) is 35.9 Å². The molecule has 1 aromatic carbocycles. The molecule has 0 aromatic heterocycles. The molecule has 2 atom stereocenters. The van der Waals surface area contributed by atoms with Crippen molar-refractivity contribution in [3.63, 3.8) is 0 Å². The van der Waals surface area contributed by atoms with Gasteiger partial charge in [0.25, 0.3) is 0 Å². The summed E-state index contributed by atoms with van der Waals surface area (Å²) in [6, 6.07) is 10.1. The molecule has 1 aromatic rings. The molecule has 2 N–H and O–H groups in total. The number of rotatable bonds is 6. The van der Waals surface area contributed by atoms with Crippen molar-refractivity contribution in [3.8, 4) is 0 Å². The smallest absolute Gasteiger partial charge is 0.322 e. The lowest BCUT2D eigenvalue weighted by molar-refractivity contribution is -0.139. The van der Waals surface area contributed by atoms with Crippen LogP contribution >= 0.6 is 11.8 Å². The molecule has 2 rings (SSSR count). The second-order valence-electron chi connectivity index (χ2n) is 5.88. The molecule has 0 amide bonds. The average molecular weight is 293 g/mol. The van der Waals surface area contributed by atoms with Gasteiger partial charge in [-0.1, -0.05) is 36.8 Å². The molecule has 4 heteroatoms. The maximum atomic E-state index is 11.2. The second kappa shape index (κ2) is 6.64. The Morgan fingerprint density at radius 1 is 1.30 bits per heavy atom. The molecule has 110 valence electrons. The molecule has 1 fully saturated rings. The molecule has 1 saturated heterocycles. The number of unbranched alkanes of at least 4 members (excludes halogenated alkanes) is 1. The van der Waals surface area contributed by atoms with Gasteiger partial charge in [-0.2, -0.15) is 0 Å². The highest BCUT2D eigenvalue weighted by atomic mass is 32.2. The maximum absolute atomic E-state index is 11.2. The van der Waals surface area contributed by atoms with Crippen molar-refractivity contribution in [2.75, 3.05) is 0 Å². The van der Waals surface area contributed by atoms with E-state index in [1.54, 1.807) is 11.8 Å². The summed E-state index contributed by atoms with van der Waals surface area (Å²) in [5.41, 5.74) is 1.38. The molecule has 2 unspecified atom stereocenters. The number of hydrogen-bond acceptors (Lipinski definition) is 3. The van der Waals surface area contributed by atoms with Gasteiger partial charge in [0.1, 0.15) is 6.04 Å². The third-order valence-electron chi connectivity index (χ3n) is 3.77. The third kappa shape index (κ3) is 4.00. The molecule has 0 aliphatic carbocycles. The zero-order chi connectivity index (χ0) is 14.6. The SMILES string of the molecule is CC1(C)SC(CCCCc2ccccc2)NC1C(=O)O. The number of hydrogen-bond donors (Lipinski definition) is 2. The van der Waals surface area contributed by atoms with E-state index in [1.165, 1.54) is 5.56 Å². The van der Waals surface area contributed by atoms with Crippen LogP contribution in [-0.4, -0.2) is 27.2 Å². The van der Waals surface area contributed by atoms with Crippen LogP contribution in [0.1, 0.15) is 38.7 Å². The van der Waals surface area contributed by atoms with Gasteiger partial charge in [-0.15, -0.1) is 11.8 Å². The number of aliphatic carboxylic acids is 1. The Balaban J connectivity index is 1.72. The second-order valence-corrected chi connectivity index (χ2v) is 7.74. The first-order valence-electron chi connectivity index (χ1n) is 7.19. The van der Waals surface area contributed by atoms with Crippen LogP contribution in [0.3, 0.4) is 0 Å². The van der Waals surface area contributed by atoms with E-state index in [4.69, 9.17) is 0 Å². The number of carboxylic acids is 1. The molecule has 20 heavy (non-hydrogen) atoms. The quantitative estimate of drug-likeness (QED) is 0.790. The maximum Gasteiger partial charge on any atom is 0.322 e. The molecule has 1 heterocycles. The highest BCUT2D eigenvalue weighted by molar-refractivity contribution is 8.01. The summed E-state index contributed by atoms with van der Waals surface area (Å²) in [6.07, 6.45) is 4.41. The predicted molar refractivity (Wildman–Crippen MR) is 84.0 cm³/mol. The third-order valence-corrected chi connectivity index (χ3v) is 5.26. The zero-order valence-corrected chi connectivity index (χ0v) is 13.0. The van der Waals surface area contributed by atoms with Crippen LogP contribution in [0.2, 0.25) is 0 Å². The van der Waals surface area contributed by atoms with Gasteiger partial charge in [0, 0.05) is 4.75 Å². The summed E-state index contributed by atoms with van der Waals surface area (Å²) in [6.45, 7) is 4.01. The van der Waals surface area contributed by atoms with E-state index in [9.17, 15) is 9.90 Å². The van der Waals surface area contributed by atoms with Crippen LogP contribution in [0.5, 0.6) is 0 Å². The summed E-state index contributed by atoms with van der Waals surface area (Å²) in [4.78, 5) is 11.2. The molecule has 0 spiro atoms. The minimum Gasteiger partial charge on any atom is -0.480 e. The van der Waals surface area contributed by atoms with Gasteiger partial charge in [0.15, 0.2) is 0 Å². The summed E-state index contributed by atoms with van der Waals surface area (Å²) >= 11 is 1.76. The van der Waals surface area contributed by atoms with Crippen molar-refractivity contribution in [1.29, 1.82) is 0 Å². The van der Waals surface area contributed by atoms with Gasteiger partial charge >= 0.3 is 5.97 Å². The van der Waals surface area contributed by atoms with Crippen LogP contribution in [0.15, 0.2) is 30.3 Å². The van der Waals surface area contributed by atoms with Gasteiger partial charge < -0.3 is 5.11 Å². The lowest BCUT2D eigenvalue weighted by Crippen LogP contribution is -2.44. The van der Waals surface area contributed by atoms with Crippen LogP contribution in [-0.2, 0) is 11.2 Å². The van der Waals surface area contributed by atoms with Crippen LogP contribution < -0.4 is 5.32 Å². The van der Waals surface area contributed by atoms with Crippen molar-refractivity contribution >= 4 is 17.7 Å². The number of benzene rings is 1.